The van der Waals surface area contributed by atoms with Gasteiger partial charge < -0.3 is 4.74 Å². The molecule has 3 rings (SSSR count). The lowest BCUT2D eigenvalue weighted by atomic mass is 9.76. The molecule has 1 N–H and O–H groups in total. The molecule has 116 valence electrons. The number of hydrogen-bond donors (Lipinski definition) is 1. The van der Waals surface area contributed by atoms with Gasteiger partial charge in [0, 0.05) is 18.3 Å². The lowest BCUT2D eigenvalue weighted by molar-refractivity contribution is -0.152. The average Bonchev–Trinajstić information content (AvgIpc) is 2.45. The van der Waals surface area contributed by atoms with Gasteiger partial charge in [0.25, 0.3) is 5.56 Å². The second-order valence-electron chi connectivity index (χ2n) is 5.73. The van der Waals surface area contributed by atoms with Crippen molar-refractivity contribution in [2.24, 2.45) is 0 Å². The molecule has 0 radical (unpaired) electrons. The maximum atomic E-state index is 12.2. The minimum Gasteiger partial charge on any atom is -0.468 e. The normalized spacial score (nSPS) is 16.3. The third kappa shape index (κ3) is 2.39. The van der Waals surface area contributed by atoms with Crippen LogP contribution in [0.5, 0.6) is 0 Å². The lowest BCUT2D eigenvalue weighted by Gasteiger charge is -2.39. The molecule has 2 aromatic heterocycles. The molecule has 1 aliphatic carbocycles. The first-order valence-electron chi connectivity index (χ1n) is 7.37. The van der Waals surface area contributed by atoms with Crippen molar-refractivity contribution < 1.29 is 9.53 Å². The Hall–Kier alpha value is -2.21. The Morgan fingerprint density at radius 3 is 2.86 bits per heavy atom. The zero-order valence-electron chi connectivity index (χ0n) is 12.8. The summed E-state index contributed by atoms with van der Waals surface area (Å²) in [6.07, 6.45) is 2.51. The maximum absolute atomic E-state index is 12.2. The maximum Gasteiger partial charge on any atom is 0.326 e. The minimum absolute atomic E-state index is 0.111. The number of aromatic nitrogens is 2. The molecule has 2 aromatic rings. The highest BCUT2D eigenvalue weighted by Crippen LogP contribution is 2.33. The van der Waals surface area contributed by atoms with Gasteiger partial charge in [-0.2, -0.15) is 0 Å². The number of nitrogens with one attached hydrogen (secondary N) is 1. The van der Waals surface area contributed by atoms with Crippen LogP contribution in [0.3, 0.4) is 0 Å². The molecule has 2 heterocycles. The van der Waals surface area contributed by atoms with Crippen LogP contribution in [-0.4, -0.2) is 28.0 Å². The summed E-state index contributed by atoms with van der Waals surface area (Å²) in [6.45, 7) is 2.24. The number of carbonyl (C=O) groups is 1. The van der Waals surface area contributed by atoms with Crippen molar-refractivity contribution in [3.63, 3.8) is 0 Å². The number of fused-ring (bicyclic) bond motifs is 1. The van der Waals surface area contributed by atoms with Crippen molar-refractivity contribution in [1.29, 1.82) is 0 Å². The van der Waals surface area contributed by atoms with Crippen molar-refractivity contribution in [1.82, 2.24) is 14.7 Å². The van der Waals surface area contributed by atoms with Crippen molar-refractivity contribution in [2.75, 3.05) is 7.11 Å². The van der Waals surface area contributed by atoms with Crippen molar-refractivity contribution >= 4 is 11.6 Å². The van der Waals surface area contributed by atoms with E-state index in [-0.39, 0.29) is 11.5 Å². The molecular formula is C16H19N3O3. The van der Waals surface area contributed by atoms with Crippen LogP contribution in [0, 0.1) is 6.92 Å². The molecule has 0 aromatic carbocycles. The molecule has 0 bridgehead atoms. The number of aryl methyl sites for hydroxylation is 1. The van der Waals surface area contributed by atoms with E-state index in [2.05, 4.69) is 10.3 Å². The molecule has 1 fully saturated rings. The molecule has 1 aliphatic rings. The highest BCUT2D eigenvalue weighted by Gasteiger charge is 2.44. The highest BCUT2D eigenvalue weighted by atomic mass is 16.5. The number of carbonyl (C=O) groups excluding carboxylic acids is 1. The Balaban J connectivity index is 1.86. The van der Waals surface area contributed by atoms with Crippen molar-refractivity contribution in [3.8, 4) is 0 Å². The van der Waals surface area contributed by atoms with Gasteiger partial charge in [-0.3, -0.25) is 19.3 Å². The molecule has 6 nitrogen and oxygen atoms in total. The molecule has 22 heavy (non-hydrogen) atoms. The molecule has 1 saturated carbocycles. The fourth-order valence-electron chi connectivity index (χ4n) is 2.89. The van der Waals surface area contributed by atoms with Crippen LogP contribution in [0.4, 0.5) is 0 Å². The molecular weight excluding hydrogens is 282 g/mol. The van der Waals surface area contributed by atoms with E-state index in [1.165, 1.54) is 13.2 Å². The van der Waals surface area contributed by atoms with Crippen LogP contribution >= 0.6 is 0 Å². The summed E-state index contributed by atoms with van der Waals surface area (Å²) in [5.74, 6) is -0.243. The standard InChI is InChI=1S/C16H19N3O3/c1-11-5-3-6-13-18-12(9-14(20)19(11)13)10-17-16(7-4-8-16)15(21)22-2/h3,5-6,9,17H,4,7-8,10H2,1-2H3. The number of pyridine rings is 1. The van der Waals surface area contributed by atoms with Gasteiger partial charge in [0.15, 0.2) is 0 Å². The van der Waals surface area contributed by atoms with E-state index in [4.69, 9.17) is 4.74 Å². The van der Waals surface area contributed by atoms with Crippen molar-refractivity contribution in [2.45, 2.75) is 38.3 Å². The van der Waals surface area contributed by atoms with E-state index in [0.29, 0.717) is 17.9 Å². The molecule has 0 saturated heterocycles. The summed E-state index contributed by atoms with van der Waals surface area (Å²) in [6, 6.07) is 7.05. The van der Waals surface area contributed by atoms with E-state index < -0.39 is 5.54 Å². The molecule has 0 amide bonds. The van der Waals surface area contributed by atoms with Gasteiger partial charge >= 0.3 is 5.97 Å². The largest absolute Gasteiger partial charge is 0.468 e. The van der Waals surface area contributed by atoms with Gasteiger partial charge in [-0.15, -0.1) is 0 Å². The van der Waals surface area contributed by atoms with Gasteiger partial charge in [0.1, 0.15) is 11.2 Å². The number of methoxy groups -OCH3 is 1. The third-order valence-corrected chi connectivity index (χ3v) is 4.32. The van der Waals surface area contributed by atoms with E-state index in [9.17, 15) is 9.59 Å². The lowest BCUT2D eigenvalue weighted by Crippen LogP contribution is -2.57. The Kier molecular flexibility index (Phi) is 3.70. The Morgan fingerprint density at radius 2 is 2.23 bits per heavy atom. The van der Waals surface area contributed by atoms with Gasteiger partial charge in [-0.1, -0.05) is 6.07 Å². The van der Waals surface area contributed by atoms with Crippen molar-refractivity contribution in [3.05, 3.63) is 46.0 Å². The predicted octanol–water partition coefficient (Wildman–Crippen LogP) is 1.19. The summed E-state index contributed by atoms with van der Waals surface area (Å²) >= 11 is 0. The van der Waals surface area contributed by atoms with Crippen LogP contribution in [0.2, 0.25) is 0 Å². The van der Waals surface area contributed by atoms with Gasteiger partial charge in [-0.25, -0.2) is 4.98 Å². The first-order chi connectivity index (χ1) is 10.6. The predicted molar refractivity (Wildman–Crippen MR) is 81.6 cm³/mol. The Labute approximate surface area is 128 Å². The zero-order chi connectivity index (χ0) is 15.7. The molecule has 0 unspecified atom stereocenters. The zero-order valence-corrected chi connectivity index (χ0v) is 12.8. The minimum atomic E-state index is -0.617. The first-order valence-corrected chi connectivity index (χ1v) is 7.37. The topological polar surface area (TPSA) is 72.7 Å². The second-order valence-corrected chi connectivity index (χ2v) is 5.73. The van der Waals surface area contributed by atoms with Crippen LogP contribution in [0.1, 0.15) is 30.7 Å². The molecule has 6 heteroatoms. The fourth-order valence-corrected chi connectivity index (χ4v) is 2.89. The van der Waals surface area contributed by atoms with Gasteiger partial charge in [0.05, 0.1) is 12.8 Å². The summed E-state index contributed by atoms with van der Waals surface area (Å²) in [5, 5.41) is 3.22. The van der Waals surface area contributed by atoms with Crippen LogP contribution in [0.15, 0.2) is 29.1 Å². The summed E-state index contributed by atoms with van der Waals surface area (Å²) < 4.78 is 6.44. The van der Waals surface area contributed by atoms with Gasteiger partial charge in [0.2, 0.25) is 0 Å². The van der Waals surface area contributed by atoms with Gasteiger partial charge in [-0.05, 0) is 38.3 Å². The number of ether oxygens (including phenoxy) is 1. The average molecular weight is 301 g/mol. The van der Waals surface area contributed by atoms with Crippen LogP contribution in [0.25, 0.3) is 5.65 Å². The van der Waals surface area contributed by atoms with Crippen LogP contribution in [-0.2, 0) is 16.1 Å². The van der Waals surface area contributed by atoms with E-state index in [1.807, 2.05) is 19.1 Å². The number of hydrogen-bond acceptors (Lipinski definition) is 5. The number of rotatable bonds is 4. The highest BCUT2D eigenvalue weighted by molar-refractivity contribution is 5.81. The fraction of sp³-hybridized carbons (Fsp3) is 0.438. The summed E-state index contributed by atoms with van der Waals surface area (Å²) in [4.78, 5) is 28.6. The molecule has 0 atom stereocenters. The number of esters is 1. The monoisotopic (exact) mass is 301 g/mol. The molecule has 0 aliphatic heterocycles. The SMILES string of the molecule is COC(=O)C1(NCc2cc(=O)n3c(C)cccc3n2)CCC1. The summed E-state index contributed by atoms with van der Waals surface area (Å²) in [5.41, 5.74) is 1.37. The first kappa shape index (κ1) is 14.7. The Morgan fingerprint density at radius 1 is 1.45 bits per heavy atom. The van der Waals surface area contributed by atoms with E-state index in [1.54, 1.807) is 10.5 Å². The third-order valence-electron chi connectivity index (χ3n) is 4.32. The summed E-state index contributed by atoms with van der Waals surface area (Å²) in [7, 11) is 1.40. The van der Waals surface area contributed by atoms with E-state index in [0.717, 1.165) is 25.0 Å². The smallest absolute Gasteiger partial charge is 0.326 e. The Bertz CT molecular complexity index is 778. The number of nitrogens with zero attached hydrogens (tertiary/aromatic N) is 2. The second kappa shape index (κ2) is 5.53. The van der Waals surface area contributed by atoms with E-state index >= 15 is 0 Å². The van der Waals surface area contributed by atoms with Crippen LogP contribution < -0.4 is 10.9 Å². The quantitative estimate of drug-likeness (QED) is 0.859. The molecule has 0 spiro atoms.